The van der Waals surface area contributed by atoms with Crippen molar-refractivity contribution in [3.63, 3.8) is 0 Å². The van der Waals surface area contributed by atoms with Crippen molar-refractivity contribution < 1.29 is 0 Å². The lowest BCUT2D eigenvalue weighted by Crippen LogP contribution is -2.21. The molecule has 5 heavy (non-hydrogen) atoms. The van der Waals surface area contributed by atoms with Crippen molar-refractivity contribution in [3.05, 3.63) is 0 Å². The molecule has 0 bridgehead atoms. The molecule has 0 atom stereocenters. The van der Waals surface area contributed by atoms with Crippen LogP contribution in [0, 0.1) is 0 Å². The minimum atomic E-state index is 0. The topological polar surface area (TPSA) is 24.1 Å². The van der Waals surface area contributed by atoms with Crippen LogP contribution >= 0.6 is 0 Å². The molecule has 2 N–H and O–H groups in total. The van der Waals surface area contributed by atoms with Gasteiger partial charge in [-0.05, 0) is 25.1 Å². The maximum Gasteiger partial charge on any atom is -0.00150 e. The molecule has 3 heteroatoms. The van der Waals surface area contributed by atoms with Gasteiger partial charge in [-0.15, -0.1) is 0 Å². The van der Waals surface area contributed by atoms with Crippen molar-refractivity contribution in [2.24, 2.45) is 0 Å². The first-order valence-electron chi connectivity index (χ1n) is 1.25. The zero-order chi connectivity index (χ0) is 3.41. The van der Waals surface area contributed by atoms with E-state index in [0.717, 1.165) is 0 Å². The molecule has 0 aromatic carbocycles. The van der Waals surface area contributed by atoms with Crippen LogP contribution in [0.4, 0.5) is 0 Å². The van der Waals surface area contributed by atoms with E-state index in [9.17, 15) is 0 Å². The van der Waals surface area contributed by atoms with Gasteiger partial charge in [0.25, 0.3) is 0 Å². The van der Waals surface area contributed by atoms with Crippen LogP contribution in [0.25, 0.3) is 0 Å². The quantitative estimate of drug-likeness (QED) is 0.286. The fraction of sp³-hybridized carbons (Fsp3) is 1.00. The smallest absolute Gasteiger partial charge is 0.00150 e. The van der Waals surface area contributed by atoms with Gasteiger partial charge in [0.05, 0.1) is 0 Å². The largest absolute Gasteiger partial charge is 0.261 e. The van der Waals surface area contributed by atoms with Crippen LogP contribution in [0.1, 0.15) is 0 Å². The number of nitrogens with one attached hydrogen (secondary N) is 2. The third-order valence-corrected chi connectivity index (χ3v) is 0.250. The Bertz CT molecular complexity index is 9.61. The Morgan fingerprint density at radius 2 is 1.20 bits per heavy atom. The number of hydrogen-bond acceptors (Lipinski definition) is 2. The lowest BCUT2D eigenvalue weighted by atomic mass is 11.4. The standard InChI is InChI=1S/C2H8N2.H4Si/c1-3-4-2;/h3-4H,1-2H3;1H4. The highest BCUT2D eigenvalue weighted by Gasteiger charge is 1.44. The van der Waals surface area contributed by atoms with Crippen LogP contribution < -0.4 is 10.9 Å². The molecule has 34 valence electrons. The Morgan fingerprint density at radius 3 is 1.20 bits per heavy atom. The molecular weight excluding hydrogens is 80.1 g/mol. The third-order valence-electron chi connectivity index (χ3n) is 0.250. The Hall–Kier alpha value is 0.137. The summed E-state index contributed by atoms with van der Waals surface area (Å²) in [4.78, 5) is 0. The second kappa shape index (κ2) is 8.91. The molecule has 0 aromatic heterocycles. The highest BCUT2D eigenvalue weighted by atomic mass is 28.1. The van der Waals surface area contributed by atoms with E-state index in [1.165, 1.54) is 0 Å². The molecule has 0 saturated carbocycles. The van der Waals surface area contributed by atoms with E-state index in [2.05, 4.69) is 10.9 Å². The monoisotopic (exact) mass is 92.1 g/mol. The Labute approximate surface area is 36.9 Å². The summed E-state index contributed by atoms with van der Waals surface area (Å²) in [6, 6.07) is 0. The van der Waals surface area contributed by atoms with E-state index in [1.807, 2.05) is 14.1 Å². The zero-order valence-electron chi connectivity index (χ0n) is 3.00. The number of hydrazine groups is 1. The van der Waals surface area contributed by atoms with Crippen molar-refractivity contribution in [1.82, 2.24) is 10.9 Å². The van der Waals surface area contributed by atoms with Gasteiger partial charge in [-0.3, -0.25) is 10.9 Å². The Balaban J connectivity index is 0. The van der Waals surface area contributed by atoms with Gasteiger partial charge >= 0.3 is 0 Å². The average molecular weight is 92.2 g/mol. The van der Waals surface area contributed by atoms with Crippen LogP contribution in [-0.4, -0.2) is 25.1 Å². The molecule has 0 spiro atoms. The highest BCUT2D eigenvalue weighted by molar-refractivity contribution is 5.75. The molecule has 0 heterocycles. The van der Waals surface area contributed by atoms with Crippen molar-refractivity contribution in [1.29, 1.82) is 0 Å². The van der Waals surface area contributed by atoms with E-state index in [4.69, 9.17) is 0 Å². The van der Waals surface area contributed by atoms with Crippen LogP contribution in [0.2, 0.25) is 0 Å². The zero-order valence-corrected chi connectivity index (χ0v) is 3.00. The molecule has 0 rings (SSSR count). The first-order valence-corrected chi connectivity index (χ1v) is 1.25. The van der Waals surface area contributed by atoms with Gasteiger partial charge in [-0.1, -0.05) is 0 Å². The molecule has 0 saturated heterocycles. The summed E-state index contributed by atoms with van der Waals surface area (Å²) >= 11 is 0. The maximum absolute atomic E-state index is 2.68. The van der Waals surface area contributed by atoms with Gasteiger partial charge in [0.15, 0.2) is 0 Å². The lowest BCUT2D eigenvalue weighted by Gasteiger charge is -1.81. The summed E-state index contributed by atoms with van der Waals surface area (Å²) in [7, 11) is 3.64. The summed E-state index contributed by atoms with van der Waals surface area (Å²) in [6.07, 6.45) is 0. The van der Waals surface area contributed by atoms with Crippen LogP contribution in [-0.2, 0) is 0 Å². The molecule has 0 unspecified atom stereocenters. The first kappa shape index (κ1) is 8.93. The fourth-order valence-electron chi connectivity index (χ4n) is 0. The van der Waals surface area contributed by atoms with Gasteiger partial charge in [-0.2, -0.15) is 0 Å². The Kier molecular flexibility index (Phi) is 15.9. The fourth-order valence-corrected chi connectivity index (χ4v) is 0. The third kappa shape index (κ3) is 14.6. The maximum atomic E-state index is 2.68. The van der Waals surface area contributed by atoms with Crippen LogP contribution in [0.5, 0.6) is 0 Å². The Morgan fingerprint density at radius 1 is 1.00 bits per heavy atom. The molecule has 0 radical (unpaired) electrons. The van der Waals surface area contributed by atoms with Gasteiger partial charge in [-0.25, -0.2) is 0 Å². The van der Waals surface area contributed by atoms with E-state index < -0.39 is 0 Å². The van der Waals surface area contributed by atoms with E-state index >= 15 is 0 Å². The molecule has 0 aliphatic rings. The lowest BCUT2D eigenvalue weighted by molar-refractivity contribution is 0.689. The summed E-state index contributed by atoms with van der Waals surface area (Å²) in [5.74, 6) is 0. The van der Waals surface area contributed by atoms with Crippen molar-refractivity contribution >= 4 is 11.0 Å². The van der Waals surface area contributed by atoms with Crippen LogP contribution in [0.3, 0.4) is 0 Å². The molecule has 0 aliphatic heterocycles. The van der Waals surface area contributed by atoms with Gasteiger partial charge in [0, 0.05) is 0 Å². The number of rotatable bonds is 1. The van der Waals surface area contributed by atoms with Crippen molar-refractivity contribution in [3.8, 4) is 0 Å². The molecule has 0 fully saturated rings. The van der Waals surface area contributed by atoms with Crippen LogP contribution in [0.15, 0.2) is 0 Å². The second-order valence-corrected chi connectivity index (χ2v) is 0.500. The van der Waals surface area contributed by atoms with E-state index in [1.54, 1.807) is 0 Å². The second-order valence-electron chi connectivity index (χ2n) is 0.500. The summed E-state index contributed by atoms with van der Waals surface area (Å²) < 4.78 is 0. The summed E-state index contributed by atoms with van der Waals surface area (Å²) in [5, 5.41) is 0. The molecule has 2 nitrogen and oxygen atoms in total. The van der Waals surface area contributed by atoms with Crippen molar-refractivity contribution in [2.45, 2.75) is 0 Å². The molecule has 0 amide bonds. The molecule has 0 aliphatic carbocycles. The van der Waals surface area contributed by atoms with Gasteiger partial charge in [0.1, 0.15) is 0 Å². The number of hydrogen-bond donors (Lipinski definition) is 2. The molecule has 0 aromatic rings. The highest BCUT2D eigenvalue weighted by Crippen LogP contribution is 1.07. The first-order chi connectivity index (χ1) is 1.91. The average Bonchev–Trinajstić information content (AvgIpc) is 1.37. The SMILES string of the molecule is CNNC.[SiH4]. The summed E-state index contributed by atoms with van der Waals surface area (Å²) in [6.45, 7) is 0. The normalized spacial score (nSPS) is 6.00. The van der Waals surface area contributed by atoms with Crippen molar-refractivity contribution in [2.75, 3.05) is 14.1 Å². The summed E-state index contributed by atoms with van der Waals surface area (Å²) in [5.41, 5.74) is 5.36. The predicted molar refractivity (Wildman–Crippen MR) is 29.5 cm³/mol. The minimum absolute atomic E-state index is 0. The van der Waals surface area contributed by atoms with Gasteiger partial charge in [0.2, 0.25) is 0 Å². The van der Waals surface area contributed by atoms with E-state index in [-0.39, 0.29) is 11.0 Å². The minimum Gasteiger partial charge on any atom is -0.261 e. The predicted octanol–water partition coefficient (Wildman–Crippen LogP) is -2.11. The van der Waals surface area contributed by atoms with Gasteiger partial charge < -0.3 is 0 Å². The molecular formula is C2H12N2Si. The van der Waals surface area contributed by atoms with E-state index in [0.29, 0.717) is 0 Å².